The van der Waals surface area contributed by atoms with Crippen LogP contribution in [0, 0.1) is 5.82 Å². The lowest BCUT2D eigenvalue weighted by Crippen LogP contribution is -2.06. The number of ether oxygens (including phenoxy) is 1. The predicted molar refractivity (Wildman–Crippen MR) is 123 cm³/mol. The number of halogens is 2. The van der Waals surface area contributed by atoms with Gasteiger partial charge in [0.2, 0.25) is 0 Å². The number of aromatic amines is 1. The Morgan fingerprint density at radius 3 is 2.47 bits per heavy atom. The van der Waals surface area contributed by atoms with Crippen LogP contribution in [0.25, 0.3) is 33.4 Å². The van der Waals surface area contributed by atoms with E-state index in [9.17, 15) is 4.39 Å². The first kappa shape index (κ1) is 20.0. The zero-order valence-electron chi connectivity index (χ0n) is 16.7. The smallest absolute Gasteiger partial charge is 0.258 e. The Bertz CT molecular complexity index is 1400. The molecule has 0 amide bonds. The van der Waals surface area contributed by atoms with Gasteiger partial charge in [0.1, 0.15) is 18.1 Å². The zero-order valence-corrected chi connectivity index (χ0v) is 17.5. The van der Waals surface area contributed by atoms with Gasteiger partial charge in [-0.1, -0.05) is 54.1 Å². The van der Waals surface area contributed by atoms with Crippen molar-refractivity contribution in [3.63, 3.8) is 0 Å². The van der Waals surface area contributed by atoms with Gasteiger partial charge in [-0.15, -0.1) is 0 Å². The molecule has 6 nitrogen and oxygen atoms in total. The summed E-state index contributed by atoms with van der Waals surface area (Å²) in [6.45, 7) is 0.171. The highest BCUT2D eigenvalue weighted by molar-refractivity contribution is 6.35. The molecule has 0 spiro atoms. The molecule has 0 fully saturated rings. The molecular weight excluding hydrogens is 429 g/mol. The Hall–Kier alpha value is -3.97. The molecule has 158 valence electrons. The summed E-state index contributed by atoms with van der Waals surface area (Å²) in [4.78, 5) is 9.32. The summed E-state index contributed by atoms with van der Waals surface area (Å²) in [6, 6.07) is 19.4. The third kappa shape index (κ3) is 3.86. The van der Waals surface area contributed by atoms with Gasteiger partial charge in [0.25, 0.3) is 5.88 Å². The summed E-state index contributed by atoms with van der Waals surface area (Å²) < 4.78 is 19.0. The van der Waals surface area contributed by atoms with Crippen LogP contribution in [0.5, 0.6) is 5.88 Å². The molecule has 3 N–H and O–H groups in total. The van der Waals surface area contributed by atoms with Crippen LogP contribution >= 0.6 is 11.6 Å². The second-order valence-electron chi connectivity index (χ2n) is 7.18. The number of nitrogens with zero attached hydrogens (tertiary/aromatic N) is 3. The number of benzene rings is 3. The third-order valence-electron chi connectivity index (χ3n) is 5.00. The quantitative estimate of drug-likeness (QED) is 0.365. The Morgan fingerprint density at radius 2 is 1.69 bits per heavy atom. The highest BCUT2D eigenvalue weighted by Crippen LogP contribution is 2.36. The Kier molecular flexibility index (Phi) is 5.17. The average molecular weight is 446 g/mol. The second kappa shape index (κ2) is 8.28. The molecule has 5 aromatic rings. The van der Waals surface area contributed by atoms with Crippen LogP contribution in [0.1, 0.15) is 5.56 Å². The van der Waals surface area contributed by atoms with Crippen molar-refractivity contribution >= 4 is 28.3 Å². The number of nitrogens with one attached hydrogen (secondary N) is 1. The standard InChI is InChI=1S/C24H17ClFN5O/c25-19-11-16(10-17-12-28-31-20(17)19)22-21(15-4-2-1-3-5-15)29-23(27)24(30-22)32-13-14-6-8-18(26)9-7-14/h1-12H,13H2,(H2,27,29)(H,28,31). The summed E-state index contributed by atoms with van der Waals surface area (Å²) in [7, 11) is 0. The SMILES string of the molecule is Nc1nc(-c2ccccc2)c(-c2cc(Cl)c3[nH]ncc3c2)nc1OCc1ccc(F)cc1. The third-order valence-corrected chi connectivity index (χ3v) is 5.30. The minimum absolute atomic E-state index is 0.158. The largest absolute Gasteiger partial charge is 0.470 e. The number of rotatable bonds is 5. The summed E-state index contributed by atoms with van der Waals surface area (Å²) in [6.07, 6.45) is 1.70. The van der Waals surface area contributed by atoms with Crippen LogP contribution in [-0.4, -0.2) is 20.2 Å². The molecule has 3 aromatic carbocycles. The van der Waals surface area contributed by atoms with Crippen molar-refractivity contribution < 1.29 is 9.13 Å². The van der Waals surface area contributed by atoms with Crippen LogP contribution in [-0.2, 0) is 6.61 Å². The first-order chi connectivity index (χ1) is 15.6. The van der Waals surface area contributed by atoms with Crippen LogP contribution in [0.15, 0.2) is 72.9 Å². The minimum Gasteiger partial charge on any atom is -0.470 e. The molecule has 5 rings (SSSR count). The van der Waals surface area contributed by atoms with E-state index in [4.69, 9.17) is 27.1 Å². The molecule has 0 saturated carbocycles. The number of nitrogens with two attached hydrogens (primary N) is 1. The molecule has 2 heterocycles. The molecule has 0 aliphatic rings. The fraction of sp³-hybridized carbons (Fsp3) is 0.0417. The maximum absolute atomic E-state index is 13.2. The summed E-state index contributed by atoms with van der Waals surface area (Å²) in [5, 5.41) is 8.31. The maximum atomic E-state index is 13.2. The van der Waals surface area contributed by atoms with Crippen LogP contribution < -0.4 is 10.5 Å². The van der Waals surface area contributed by atoms with Crippen molar-refractivity contribution in [2.45, 2.75) is 6.61 Å². The molecule has 2 aromatic heterocycles. The fourth-order valence-corrected chi connectivity index (χ4v) is 3.69. The van der Waals surface area contributed by atoms with E-state index in [0.29, 0.717) is 16.4 Å². The number of hydrogen-bond acceptors (Lipinski definition) is 5. The van der Waals surface area contributed by atoms with Gasteiger partial charge < -0.3 is 10.5 Å². The van der Waals surface area contributed by atoms with Crippen LogP contribution in [0.4, 0.5) is 10.2 Å². The van der Waals surface area contributed by atoms with Crippen molar-refractivity contribution in [3.8, 4) is 28.4 Å². The number of nitrogen functional groups attached to an aromatic ring is 1. The Labute approximate surface area is 187 Å². The predicted octanol–water partition coefficient (Wildman–Crippen LogP) is 5.64. The van der Waals surface area contributed by atoms with E-state index >= 15 is 0 Å². The van der Waals surface area contributed by atoms with E-state index in [0.717, 1.165) is 27.6 Å². The number of aromatic nitrogens is 4. The van der Waals surface area contributed by atoms with Gasteiger partial charge in [0.05, 0.1) is 22.4 Å². The Morgan fingerprint density at radius 1 is 0.938 bits per heavy atom. The van der Waals surface area contributed by atoms with Gasteiger partial charge in [0, 0.05) is 16.5 Å². The number of hydrogen-bond donors (Lipinski definition) is 2. The molecule has 8 heteroatoms. The normalized spacial score (nSPS) is 11.1. The molecule has 0 bridgehead atoms. The molecule has 0 unspecified atom stereocenters. The number of anilines is 1. The van der Waals surface area contributed by atoms with Crippen molar-refractivity contribution in [3.05, 3.63) is 89.3 Å². The van der Waals surface area contributed by atoms with Gasteiger partial charge in [-0.25, -0.2) is 14.4 Å². The molecule has 0 saturated heterocycles. The van der Waals surface area contributed by atoms with Crippen LogP contribution in [0.2, 0.25) is 5.02 Å². The van der Waals surface area contributed by atoms with Crippen molar-refractivity contribution in [1.82, 2.24) is 20.2 Å². The molecule has 0 aliphatic heterocycles. The monoisotopic (exact) mass is 445 g/mol. The van der Waals surface area contributed by atoms with E-state index in [1.54, 1.807) is 24.4 Å². The topological polar surface area (TPSA) is 89.7 Å². The summed E-state index contributed by atoms with van der Waals surface area (Å²) in [5.74, 6) is 0.0340. The van der Waals surface area contributed by atoms with Crippen molar-refractivity contribution in [1.29, 1.82) is 0 Å². The molecule has 0 atom stereocenters. The highest BCUT2D eigenvalue weighted by Gasteiger charge is 2.18. The molecule has 0 aliphatic carbocycles. The first-order valence-electron chi connectivity index (χ1n) is 9.81. The van der Waals surface area contributed by atoms with Crippen LogP contribution in [0.3, 0.4) is 0 Å². The minimum atomic E-state index is -0.311. The molecule has 32 heavy (non-hydrogen) atoms. The Balaban J connectivity index is 1.61. The summed E-state index contributed by atoms with van der Waals surface area (Å²) in [5.41, 5.74) is 10.5. The van der Waals surface area contributed by atoms with Crippen molar-refractivity contribution in [2.24, 2.45) is 0 Å². The first-order valence-corrected chi connectivity index (χ1v) is 10.2. The van der Waals surface area contributed by atoms with Gasteiger partial charge in [-0.05, 0) is 29.8 Å². The number of H-pyrrole nitrogens is 1. The lowest BCUT2D eigenvalue weighted by atomic mass is 10.0. The van der Waals surface area contributed by atoms with Crippen molar-refractivity contribution in [2.75, 3.05) is 5.73 Å². The van der Waals surface area contributed by atoms with Gasteiger partial charge >= 0.3 is 0 Å². The molecular formula is C24H17ClFN5O. The fourth-order valence-electron chi connectivity index (χ4n) is 3.42. The second-order valence-corrected chi connectivity index (χ2v) is 7.59. The lowest BCUT2D eigenvalue weighted by molar-refractivity contribution is 0.295. The lowest BCUT2D eigenvalue weighted by Gasteiger charge is -2.14. The van der Waals surface area contributed by atoms with E-state index in [2.05, 4.69) is 15.2 Å². The number of fused-ring (bicyclic) bond motifs is 1. The van der Waals surface area contributed by atoms with Gasteiger partial charge in [-0.3, -0.25) is 5.10 Å². The van der Waals surface area contributed by atoms with E-state index in [-0.39, 0.29) is 24.1 Å². The highest BCUT2D eigenvalue weighted by atomic mass is 35.5. The summed E-state index contributed by atoms with van der Waals surface area (Å²) >= 11 is 6.47. The van der Waals surface area contributed by atoms with E-state index in [1.807, 2.05) is 36.4 Å². The van der Waals surface area contributed by atoms with E-state index < -0.39 is 0 Å². The zero-order chi connectivity index (χ0) is 22.1. The van der Waals surface area contributed by atoms with E-state index in [1.165, 1.54) is 12.1 Å². The average Bonchev–Trinajstić information content (AvgIpc) is 3.29. The maximum Gasteiger partial charge on any atom is 0.258 e. The van der Waals surface area contributed by atoms with Gasteiger partial charge in [-0.2, -0.15) is 5.10 Å². The van der Waals surface area contributed by atoms with Gasteiger partial charge in [0.15, 0.2) is 5.82 Å². The molecule has 0 radical (unpaired) electrons.